The number of likely N-dealkylation sites (tertiary alicyclic amines) is 1. The molecular formula is C21H24N4O3S. The van der Waals surface area contributed by atoms with Crippen LogP contribution in [0.3, 0.4) is 0 Å². The van der Waals surface area contributed by atoms with E-state index in [0.717, 1.165) is 43.7 Å². The van der Waals surface area contributed by atoms with Gasteiger partial charge in [0.15, 0.2) is 5.13 Å². The van der Waals surface area contributed by atoms with E-state index in [1.807, 2.05) is 12.3 Å². The molecule has 8 heteroatoms. The molecule has 0 amide bonds. The summed E-state index contributed by atoms with van der Waals surface area (Å²) in [6.07, 6.45) is 3.82. The molecule has 0 saturated carbocycles. The lowest BCUT2D eigenvalue weighted by Gasteiger charge is -2.41. The van der Waals surface area contributed by atoms with Crippen LogP contribution in [-0.2, 0) is 16.8 Å². The second-order valence-corrected chi connectivity index (χ2v) is 7.85. The molecular weight excluding hydrogens is 388 g/mol. The monoisotopic (exact) mass is 412 g/mol. The van der Waals surface area contributed by atoms with Crippen LogP contribution in [-0.4, -0.2) is 39.5 Å². The van der Waals surface area contributed by atoms with Crippen LogP contribution in [0.1, 0.15) is 29.7 Å². The summed E-state index contributed by atoms with van der Waals surface area (Å²) in [5.74, 6) is 0. The molecule has 3 heterocycles. The Balaban J connectivity index is 0.000000755. The quantitative estimate of drug-likeness (QED) is 0.568. The SMILES string of the molecule is Nc1nc(C2(c3ccccc3)CCN(Cc3ccc(=O)[nH]c3)CC2)cs1.O=CO. The number of nitrogens with two attached hydrogens (primary N) is 1. The third kappa shape index (κ3) is 4.90. The van der Waals surface area contributed by atoms with E-state index in [1.54, 1.807) is 6.07 Å². The van der Waals surface area contributed by atoms with Gasteiger partial charge in [0.05, 0.1) is 5.69 Å². The van der Waals surface area contributed by atoms with E-state index in [9.17, 15) is 4.79 Å². The molecule has 1 aliphatic heterocycles. The fourth-order valence-corrected chi connectivity index (χ4v) is 4.51. The van der Waals surface area contributed by atoms with Gasteiger partial charge in [-0.3, -0.25) is 14.5 Å². The summed E-state index contributed by atoms with van der Waals surface area (Å²) >= 11 is 1.52. The number of carboxylic acid groups (broad SMARTS) is 1. The van der Waals surface area contributed by atoms with E-state index in [2.05, 4.69) is 50.6 Å². The zero-order valence-electron chi connectivity index (χ0n) is 16.0. The van der Waals surface area contributed by atoms with Crippen LogP contribution in [0, 0.1) is 0 Å². The van der Waals surface area contributed by atoms with E-state index in [1.165, 1.54) is 16.9 Å². The lowest BCUT2D eigenvalue weighted by atomic mass is 9.70. The standard InChI is InChI=1S/C20H22N4OS.CH2O2/c21-19-23-17(14-26-19)20(16-4-2-1-3-5-16)8-10-24(11-9-20)13-15-6-7-18(25)22-12-15;2-1-3/h1-7,12,14H,8-11,13H2,(H2,21,23)(H,22,25);1H,(H,2,3). The summed E-state index contributed by atoms with van der Waals surface area (Å²) in [6.45, 7) is 2.55. The average molecular weight is 413 g/mol. The molecule has 7 nitrogen and oxygen atoms in total. The number of anilines is 1. The fraction of sp³-hybridized carbons (Fsp3) is 0.286. The van der Waals surface area contributed by atoms with Gasteiger partial charge in [-0.15, -0.1) is 11.3 Å². The Kier molecular flexibility index (Phi) is 6.79. The summed E-state index contributed by atoms with van der Waals surface area (Å²) in [5.41, 5.74) is 9.34. The first-order valence-electron chi connectivity index (χ1n) is 9.32. The summed E-state index contributed by atoms with van der Waals surface area (Å²) in [6, 6.07) is 14.1. The van der Waals surface area contributed by atoms with Crippen molar-refractivity contribution in [1.29, 1.82) is 0 Å². The van der Waals surface area contributed by atoms with Gasteiger partial charge < -0.3 is 15.8 Å². The Morgan fingerprint density at radius 3 is 2.45 bits per heavy atom. The number of nitrogen functional groups attached to an aromatic ring is 1. The van der Waals surface area contributed by atoms with Crippen molar-refractivity contribution >= 4 is 22.9 Å². The maximum atomic E-state index is 11.2. The highest BCUT2D eigenvalue weighted by Crippen LogP contribution is 2.42. The molecule has 0 spiro atoms. The van der Waals surface area contributed by atoms with Gasteiger partial charge in [0, 0.05) is 29.6 Å². The van der Waals surface area contributed by atoms with Crippen LogP contribution in [0.25, 0.3) is 0 Å². The van der Waals surface area contributed by atoms with Gasteiger partial charge in [0.1, 0.15) is 0 Å². The van der Waals surface area contributed by atoms with E-state index < -0.39 is 0 Å². The maximum absolute atomic E-state index is 11.2. The highest BCUT2D eigenvalue weighted by Gasteiger charge is 2.39. The second-order valence-electron chi connectivity index (χ2n) is 6.96. The van der Waals surface area contributed by atoms with Crippen LogP contribution in [0.2, 0.25) is 0 Å². The number of aromatic amines is 1. The molecule has 152 valence electrons. The fourth-order valence-electron chi connectivity index (χ4n) is 3.85. The first kappa shape index (κ1) is 20.8. The minimum atomic E-state index is -0.250. The molecule has 0 unspecified atom stereocenters. The maximum Gasteiger partial charge on any atom is 0.290 e. The number of hydrogen-bond acceptors (Lipinski definition) is 6. The topological polar surface area (TPSA) is 112 Å². The Hall–Kier alpha value is -2.97. The van der Waals surface area contributed by atoms with Gasteiger partial charge in [-0.1, -0.05) is 36.4 Å². The first-order chi connectivity index (χ1) is 14.1. The molecule has 0 bridgehead atoms. The van der Waals surface area contributed by atoms with Crippen LogP contribution < -0.4 is 11.3 Å². The molecule has 4 N–H and O–H groups in total. The highest BCUT2D eigenvalue weighted by molar-refractivity contribution is 7.13. The summed E-state index contributed by atoms with van der Waals surface area (Å²) in [4.78, 5) is 29.4. The number of nitrogens with zero attached hydrogens (tertiary/aromatic N) is 2. The lowest BCUT2D eigenvalue weighted by molar-refractivity contribution is -0.122. The Morgan fingerprint density at radius 2 is 1.90 bits per heavy atom. The van der Waals surface area contributed by atoms with Crippen molar-refractivity contribution in [3.8, 4) is 0 Å². The molecule has 0 aliphatic carbocycles. The minimum absolute atomic E-state index is 0.0587. The van der Waals surface area contributed by atoms with Crippen molar-refractivity contribution in [2.24, 2.45) is 0 Å². The minimum Gasteiger partial charge on any atom is -0.483 e. The molecule has 1 fully saturated rings. The number of nitrogens with one attached hydrogen (secondary N) is 1. The number of carbonyl (C=O) groups is 1. The van der Waals surface area contributed by atoms with Crippen LogP contribution >= 0.6 is 11.3 Å². The second kappa shape index (κ2) is 9.49. The summed E-state index contributed by atoms with van der Waals surface area (Å²) in [7, 11) is 0. The zero-order valence-corrected chi connectivity index (χ0v) is 16.8. The zero-order chi connectivity index (χ0) is 20.7. The van der Waals surface area contributed by atoms with Crippen molar-refractivity contribution in [3.63, 3.8) is 0 Å². The van der Waals surface area contributed by atoms with Gasteiger partial charge in [-0.2, -0.15) is 0 Å². The molecule has 2 aromatic heterocycles. The van der Waals surface area contributed by atoms with Crippen LogP contribution in [0.5, 0.6) is 0 Å². The number of thiazole rings is 1. The third-order valence-corrected chi connectivity index (χ3v) is 5.98. The molecule has 1 saturated heterocycles. The van der Waals surface area contributed by atoms with E-state index in [4.69, 9.17) is 15.6 Å². The van der Waals surface area contributed by atoms with E-state index >= 15 is 0 Å². The molecule has 29 heavy (non-hydrogen) atoms. The first-order valence-corrected chi connectivity index (χ1v) is 10.2. The Bertz CT molecular complexity index is 958. The number of H-pyrrole nitrogens is 1. The number of benzene rings is 1. The van der Waals surface area contributed by atoms with Crippen LogP contribution in [0.15, 0.2) is 58.8 Å². The molecule has 1 aliphatic rings. The van der Waals surface area contributed by atoms with Gasteiger partial charge in [-0.05, 0) is 37.1 Å². The number of aromatic nitrogens is 2. The number of hydrogen-bond donors (Lipinski definition) is 3. The van der Waals surface area contributed by atoms with Gasteiger partial charge in [0.2, 0.25) is 5.56 Å². The Labute approximate surface area is 172 Å². The average Bonchev–Trinajstić information content (AvgIpc) is 3.18. The van der Waals surface area contributed by atoms with Crippen molar-refractivity contribution < 1.29 is 9.90 Å². The van der Waals surface area contributed by atoms with Crippen molar-refractivity contribution in [2.75, 3.05) is 18.8 Å². The highest BCUT2D eigenvalue weighted by atomic mass is 32.1. The summed E-state index contributed by atoms with van der Waals surface area (Å²) in [5, 5.41) is 9.63. The number of pyridine rings is 1. The van der Waals surface area contributed by atoms with Crippen molar-refractivity contribution in [2.45, 2.75) is 24.8 Å². The molecule has 4 rings (SSSR count). The predicted octanol–water partition coefficient (Wildman–Crippen LogP) is 2.70. The van der Waals surface area contributed by atoms with Gasteiger partial charge in [0.25, 0.3) is 6.47 Å². The lowest BCUT2D eigenvalue weighted by Crippen LogP contribution is -2.43. The number of piperidine rings is 1. The van der Waals surface area contributed by atoms with Crippen LogP contribution in [0.4, 0.5) is 5.13 Å². The molecule has 0 radical (unpaired) electrons. The smallest absolute Gasteiger partial charge is 0.290 e. The number of rotatable bonds is 4. The molecule has 0 atom stereocenters. The largest absolute Gasteiger partial charge is 0.483 e. The third-order valence-electron chi connectivity index (χ3n) is 5.30. The van der Waals surface area contributed by atoms with Gasteiger partial charge in [-0.25, -0.2) is 4.98 Å². The van der Waals surface area contributed by atoms with Crippen molar-refractivity contribution in [3.05, 3.63) is 81.2 Å². The Morgan fingerprint density at radius 1 is 1.21 bits per heavy atom. The molecule has 3 aromatic rings. The van der Waals surface area contributed by atoms with Gasteiger partial charge >= 0.3 is 0 Å². The summed E-state index contributed by atoms with van der Waals surface area (Å²) < 4.78 is 0. The van der Waals surface area contributed by atoms with Crippen molar-refractivity contribution in [1.82, 2.24) is 14.9 Å². The normalized spacial score (nSPS) is 15.9. The van der Waals surface area contributed by atoms with E-state index in [-0.39, 0.29) is 17.4 Å². The predicted molar refractivity (Wildman–Crippen MR) is 114 cm³/mol. The van der Waals surface area contributed by atoms with E-state index in [0.29, 0.717) is 5.13 Å². The molecule has 1 aromatic carbocycles.